The van der Waals surface area contributed by atoms with Crippen LogP contribution >= 0.6 is 0 Å². The minimum absolute atomic E-state index is 0.611. The molecule has 10 rings (SSSR count). The fourth-order valence-electron chi connectivity index (χ4n) is 8.44. The number of aromatic nitrogens is 1. The number of fused-ring (bicyclic) bond motifs is 2. The van der Waals surface area contributed by atoms with Crippen LogP contribution in [0, 0.1) is 0 Å². The molecule has 3 heteroatoms. The highest BCUT2D eigenvalue weighted by Crippen LogP contribution is 2.56. The lowest BCUT2D eigenvalue weighted by Gasteiger charge is -2.32. The van der Waals surface area contributed by atoms with Gasteiger partial charge in [-0.25, -0.2) is 0 Å². The standard InChI is InChI=1S/C55H41N3/c1-6-22-41(23-7-1)40-56-54(57(46-32-12-4-13-33-46)50-38-20-30-42-24-16-18-36-48(42)50)52(44-26-8-2-9-27-44)53(45-28-10-3-11-29-45)55(56)58(47-34-14-5-15-35-47)51-39-21-31-43-25-17-19-37-49(43)51/h1-39H,40H2. The van der Waals surface area contributed by atoms with Crippen molar-refractivity contribution >= 4 is 55.9 Å². The number of rotatable bonds is 10. The summed E-state index contributed by atoms with van der Waals surface area (Å²) in [5.41, 5.74) is 10.1. The van der Waals surface area contributed by atoms with E-state index in [1.54, 1.807) is 0 Å². The van der Waals surface area contributed by atoms with E-state index >= 15 is 0 Å². The van der Waals surface area contributed by atoms with Gasteiger partial charge in [0.1, 0.15) is 11.6 Å². The third-order valence-electron chi connectivity index (χ3n) is 11.0. The minimum Gasteiger partial charge on any atom is -0.308 e. The predicted octanol–water partition coefficient (Wildman–Crippen LogP) is 15.1. The van der Waals surface area contributed by atoms with E-state index in [0.717, 1.165) is 56.6 Å². The monoisotopic (exact) mass is 743 g/mol. The van der Waals surface area contributed by atoms with Crippen molar-refractivity contribution < 1.29 is 0 Å². The highest BCUT2D eigenvalue weighted by Gasteiger charge is 2.34. The molecule has 1 heterocycles. The van der Waals surface area contributed by atoms with Crippen LogP contribution in [0.15, 0.2) is 237 Å². The lowest BCUT2D eigenvalue weighted by molar-refractivity contribution is 0.800. The van der Waals surface area contributed by atoms with E-state index in [-0.39, 0.29) is 0 Å². The Kier molecular flexibility index (Phi) is 9.30. The Hall–Kier alpha value is -7.62. The molecule has 0 aliphatic rings. The Bertz CT molecular complexity index is 2760. The molecule has 3 nitrogen and oxygen atoms in total. The minimum atomic E-state index is 0.611. The Balaban J connectivity index is 1.44. The van der Waals surface area contributed by atoms with E-state index in [2.05, 4.69) is 251 Å². The van der Waals surface area contributed by atoms with Gasteiger partial charge in [0, 0.05) is 33.3 Å². The average molecular weight is 744 g/mol. The van der Waals surface area contributed by atoms with Crippen LogP contribution in [0.3, 0.4) is 0 Å². The van der Waals surface area contributed by atoms with Crippen molar-refractivity contribution in [2.45, 2.75) is 6.54 Å². The zero-order valence-corrected chi connectivity index (χ0v) is 32.1. The van der Waals surface area contributed by atoms with E-state index < -0.39 is 0 Å². The first-order chi connectivity index (χ1) is 28.8. The second kappa shape index (κ2) is 15.5. The molecule has 0 atom stereocenters. The van der Waals surface area contributed by atoms with E-state index in [1.807, 2.05) is 0 Å². The maximum absolute atomic E-state index is 2.57. The van der Waals surface area contributed by atoms with Crippen molar-refractivity contribution in [1.29, 1.82) is 0 Å². The number of hydrogen-bond acceptors (Lipinski definition) is 2. The summed E-state index contributed by atoms with van der Waals surface area (Å²) in [4.78, 5) is 4.99. The Morgan fingerprint density at radius 3 is 1.09 bits per heavy atom. The Labute approximate surface area is 339 Å². The maximum Gasteiger partial charge on any atom is 0.128 e. The number of nitrogens with zero attached hydrogens (tertiary/aromatic N) is 3. The van der Waals surface area contributed by atoms with Crippen molar-refractivity contribution in [1.82, 2.24) is 4.57 Å². The third kappa shape index (κ3) is 6.39. The largest absolute Gasteiger partial charge is 0.308 e. The van der Waals surface area contributed by atoms with Crippen LogP contribution in [0.25, 0.3) is 43.8 Å². The molecule has 10 aromatic rings. The van der Waals surface area contributed by atoms with E-state index in [4.69, 9.17) is 0 Å². The SMILES string of the molecule is c1ccc(Cn2c(N(c3ccccc3)c3cccc4ccccc34)c(-c3ccccc3)c(-c3ccccc3)c2N(c2ccccc2)c2cccc3ccccc23)cc1. The molecule has 0 unspecified atom stereocenters. The normalized spacial score (nSPS) is 11.2. The summed E-state index contributed by atoms with van der Waals surface area (Å²) in [7, 11) is 0. The molecular formula is C55H41N3. The fourth-order valence-corrected chi connectivity index (χ4v) is 8.44. The zero-order valence-electron chi connectivity index (χ0n) is 32.1. The topological polar surface area (TPSA) is 11.4 Å². The number of para-hydroxylation sites is 2. The first kappa shape index (κ1) is 34.8. The summed E-state index contributed by atoms with van der Waals surface area (Å²) in [6, 6.07) is 85.3. The van der Waals surface area contributed by atoms with E-state index in [0.29, 0.717) is 6.54 Å². The van der Waals surface area contributed by atoms with E-state index in [1.165, 1.54) is 27.1 Å². The number of hydrogen-bond donors (Lipinski definition) is 0. The highest BCUT2D eigenvalue weighted by molar-refractivity contribution is 6.09. The van der Waals surface area contributed by atoms with Crippen LogP contribution in [-0.4, -0.2) is 4.57 Å². The van der Waals surface area contributed by atoms with E-state index in [9.17, 15) is 0 Å². The van der Waals surface area contributed by atoms with Gasteiger partial charge < -0.3 is 4.57 Å². The van der Waals surface area contributed by atoms with Crippen LogP contribution in [0.2, 0.25) is 0 Å². The molecule has 0 radical (unpaired) electrons. The molecule has 0 fully saturated rings. The van der Waals surface area contributed by atoms with Crippen molar-refractivity contribution in [2.24, 2.45) is 0 Å². The second-order valence-electron chi connectivity index (χ2n) is 14.5. The lowest BCUT2D eigenvalue weighted by Crippen LogP contribution is -2.20. The van der Waals surface area contributed by atoms with Gasteiger partial charge in [-0.1, -0.05) is 200 Å². The van der Waals surface area contributed by atoms with Gasteiger partial charge in [0.15, 0.2) is 0 Å². The summed E-state index contributed by atoms with van der Waals surface area (Å²) in [6.45, 7) is 0.611. The molecule has 0 amide bonds. The van der Waals surface area contributed by atoms with Crippen molar-refractivity contribution in [3.63, 3.8) is 0 Å². The molecule has 9 aromatic carbocycles. The molecule has 0 bridgehead atoms. The molecule has 0 N–H and O–H groups in total. The van der Waals surface area contributed by atoms with Crippen molar-refractivity contribution in [3.05, 3.63) is 242 Å². The Morgan fingerprint density at radius 2 is 0.655 bits per heavy atom. The molecule has 0 saturated heterocycles. The van der Waals surface area contributed by atoms with Gasteiger partial charge in [0.25, 0.3) is 0 Å². The number of benzene rings is 9. The smallest absolute Gasteiger partial charge is 0.128 e. The maximum atomic E-state index is 2.57. The predicted molar refractivity (Wildman–Crippen MR) is 245 cm³/mol. The molecule has 276 valence electrons. The molecular weight excluding hydrogens is 703 g/mol. The average Bonchev–Trinajstić information content (AvgIpc) is 3.61. The molecule has 0 spiro atoms. The van der Waals surface area contributed by atoms with Gasteiger partial charge in [0.05, 0.1) is 17.9 Å². The summed E-state index contributed by atoms with van der Waals surface area (Å²) in [5.74, 6) is 2.15. The van der Waals surface area contributed by atoms with Gasteiger partial charge in [-0.05, 0) is 63.9 Å². The molecule has 1 aromatic heterocycles. The van der Waals surface area contributed by atoms with Crippen LogP contribution in [-0.2, 0) is 6.54 Å². The van der Waals surface area contributed by atoms with Gasteiger partial charge >= 0.3 is 0 Å². The number of anilines is 6. The zero-order chi connectivity index (χ0) is 38.7. The van der Waals surface area contributed by atoms with Gasteiger partial charge in [-0.15, -0.1) is 0 Å². The lowest BCUT2D eigenvalue weighted by atomic mass is 9.96. The summed E-state index contributed by atoms with van der Waals surface area (Å²) < 4.78 is 2.57. The summed E-state index contributed by atoms with van der Waals surface area (Å²) in [5, 5.41) is 4.73. The Morgan fingerprint density at radius 1 is 0.310 bits per heavy atom. The van der Waals surface area contributed by atoms with Crippen molar-refractivity contribution in [2.75, 3.05) is 9.80 Å². The van der Waals surface area contributed by atoms with Gasteiger partial charge in [-0.2, -0.15) is 0 Å². The second-order valence-corrected chi connectivity index (χ2v) is 14.5. The van der Waals surface area contributed by atoms with Gasteiger partial charge in [0.2, 0.25) is 0 Å². The van der Waals surface area contributed by atoms with Crippen LogP contribution in [0.4, 0.5) is 34.4 Å². The van der Waals surface area contributed by atoms with Crippen LogP contribution < -0.4 is 9.80 Å². The molecule has 58 heavy (non-hydrogen) atoms. The first-order valence-electron chi connectivity index (χ1n) is 19.9. The third-order valence-corrected chi connectivity index (χ3v) is 11.0. The van der Waals surface area contributed by atoms with Crippen LogP contribution in [0.5, 0.6) is 0 Å². The van der Waals surface area contributed by atoms with Crippen molar-refractivity contribution in [3.8, 4) is 22.3 Å². The first-order valence-corrected chi connectivity index (χ1v) is 19.9. The van der Waals surface area contributed by atoms with Gasteiger partial charge in [-0.3, -0.25) is 9.80 Å². The highest BCUT2D eigenvalue weighted by atomic mass is 15.3. The molecule has 0 saturated carbocycles. The molecule has 0 aliphatic heterocycles. The summed E-state index contributed by atoms with van der Waals surface area (Å²) >= 11 is 0. The quantitative estimate of drug-likeness (QED) is 0.138. The fraction of sp³-hybridized carbons (Fsp3) is 0.0182. The molecule has 0 aliphatic carbocycles. The summed E-state index contributed by atoms with van der Waals surface area (Å²) in [6.07, 6.45) is 0. The van der Waals surface area contributed by atoms with Crippen LogP contribution in [0.1, 0.15) is 5.56 Å².